The minimum absolute atomic E-state index is 0.649. The number of hydrogen-bond acceptors (Lipinski definition) is 2. The van der Waals surface area contributed by atoms with Crippen LogP contribution in [0.2, 0.25) is 0 Å². The van der Waals surface area contributed by atoms with Crippen molar-refractivity contribution in [3.63, 3.8) is 0 Å². The Kier molecular flexibility index (Phi) is 2.38. The van der Waals surface area contributed by atoms with Crippen molar-refractivity contribution in [2.45, 2.75) is 25.7 Å². The average Bonchev–Trinajstić information content (AvgIpc) is 2.34. The SMILES string of the molecule is N#COCC1CCCC1. The maximum Gasteiger partial charge on any atom is 0.286 e. The molecule has 50 valence electrons. The van der Waals surface area contributed by atoms with Gasteiger partial charge in [-0.2, -0.15) is 5.26 Å². The average molecular weight is 125 g/mol. The first-order valence-corrected chi connectivity index (χ1v) is 3.44. The molecule has 1 fully saturated rings. The molecule has 0 aliphatic heterocycles. The molecule has 0 N–H and O–H groups in total. The van der Waals surface area contributed by atoms with E-state index in [0.717, 1.165) is 0 Å². The Hall–Kier alpha value is -0.710. The lowest BCUT2D eigenvalue weighted by atomic mass is 10.1. The van der Waals surface area contributed by atoms with E-state index in [-0.39, 0.29) is 0 Å². The molecule has 0 aromatic rings. The van der Waals surface area contributed by atoms with Crippen LogP contribution in [0.3, 0.4) is 0 Å². The summed E-state index contributed by atoms with van der Waals surface area (Å²) in [6, 6.07) is 0. The number of ether oxygens (including phenoxy) is 1. The topological polar surface area (TPSA) is 33.0 Å². The Morgan fingerprint density at radius 1 is 1.44 bits per heavy atom. The van der Waals surface area contributed by atoms with E-state index in [1.54, 1.807) is 6.26 Å². The van der Waals surface area contributed by atoms with Crippen molar-refractivity contribution in [1.82, 2.24) is 0 Å². The second-order valence-corrected chi connectivity index (χ2v) is 2.55. The molecule has 0 spiro atoms. The van der Waals surface area contributed by atoms with Gasteiger partial charge in [-0.25, -0.2) is 0 Å². The summed E-state index contributed by atoms with van der Waals surface area (Å²) in [6.45, 7) is 0.649. The molecule has 2 nitrogen and oxygen atoms in total. The van der Waals surface area contributed by atoms with Gasteiger partial charge in [0, 0.05) is 0 Å². The van der Waals surface area contributed by atoms with Crippen molar-refractivity contribution in [3.8, 4) is 6.26 Å². The van der Waals surface area contributed by atoms with Crippen LogP contribution in [-0.2, 0) is 4.74 Å². The van der Waals surface area contributed by atoms with Crippen LogP contribution in [-0.4, -0.2) is 6.61 Å². The van der Waals surface area contributed by atoms with E-state index in [2.05, 4.69) is 4.74 Å². The van der Waals surface area contributed by atoms with Crippen molar-refractivity contribution in [2.75, 3.05) is 6.61 Å². The Morgan fingerprint density at radius 2 is 2.11 bits per heavy atom. The van der Waals surface area contributed by atoms with E-state index in [0.29, 0.717) is 12.5 Å². The molecule has 1 saturated carbocycles. The largest absolute Gasteiger partial charge is 0.427 e. The molecule has 1 aliphatic carbocycles. The second-order valence-electron chi connectivity index (χ2n) is 2.55. The van der Waals surface area contributed by atoms with E-state index < -0.39 is 0 Å². The zero-order valence-electron chi connectivity index (χ0n) is 5.47. The van der Waals surface area contributed by atoms with Crippen LogP contribution in [0.25, 0.3) is 0 Å². The van der Waals surface area contributed by atoms with Gasteiger partial charge in [0.1, 0.15) is 6.61 Å². The molecule has 0 amide bonds. The summed E-state index contributed by atoms with van der Waals surface area (Å²) in [6.07, 6.45) is 6.84. The summed E-state index contributed by atoms with van der Waals surface area (Å²) < 4.78 is 4.62. The van der Waals surface area contributed by atoms with Crippen molar-refractivity contribution in [1.29, 1.82) is 5.26 Å². The van der Waals surface area contributed by atoms with Crippen LogP contribution in [0.15, 0.2) is 0 Å². The van der Waals surface area contributed by atoms with Crippen molar-refractivity contribution in [3.05, 3.63) is 0 Å². The Bertz CT molecular complexity index is 111. The standard InChI is InChI=1S/C7H11NO/c8-6-9-5-7-3-1-2-4-7/h7H,1-5H2. The van der Waals surface area contributed by atoms with Crippen molar-refractivity contribution in [2.24, 2.45) is 5.92 Å². The minimum atomic E-state index is 0.649. The van der Waals surface area contributed by atoms with Crippen LogP contribution in [0.1, 0.15) is 25.7 Å². The first-order chi connectivity index (χ1) is 4.43. The third-order valence-electron chi connectivity index (χ3n) is 1.86. The van der Waals surface area contributed by atoms with Gasteiger partial charge in [0.2, 0.25) is 0 Å². The Labute approximate surface area is 55.4 Å². The van der Waals surface area contributed by atoms with Gasteiger partial charge in [0.25, 0.3) is 6.26 Å². The molecule has 1 aliphatic rings. The molecule has 0 radical (unpaired) electrons. The molecule has 0 heterocycles. The number of rotatable bonds is 2. The highest BCUT2D eigenvalue weighted by molar-refractivity contribution is 4.67. The van der Waals surface area contributed by atoms with E-state index in [9.17, 15) is 0 Å². The molecule has 0 aromatic heterocycles. The summed E-state index contributed by atoms with van der Waals surface area (Å²) in [5, 5.41) is 8.05. The fourth-order valence-electron chi connectivity index (χ4n) is 1.33. The van der Waals surface area contributed by atoms with Gasteiger partial charge < -0.3 is 4.74 Å². The zero-order valence-corrected chi connectivity index (χ0v) is 5.47. The van der Waals surface area contributed by atoms with Crippen molar-refractivity contribution < 1.29 is 4.74 Å². The fraction of sp³-hybridized carbons (Fsp3) is 0.857. The Morgan fingerprint density at radius 3 is 2.67 bits per heavy atom. The van der Waals surface area contributed by atoms with Gasteiger partial charge in [-0.1, -0.05) is 12.8 Å². The van der Waals surface area contributed by atoms with Gasteiger partial charge in [-0.05, 0) is 18.8 Å². The maximum absolute atomic E-state index is 8.05. The lowest BCUT2D eigenvalue weighted by Gasteiger charge is -2.03. The summed E-state index contributed by atoms with van der Waals surface area (Å²) in [5.74, 6) is 0.671. The normalized spacial score (nSPS) is 19.4. The lowest BCUT2D eigenvalue weighted by molar-refractivity contribution is 0.213. The van der Waals surface area contributed by atoms with Crippen LogP contribution < -0.4 is 0 Å². The minimum Gasteiger partial charge on any atom is -0.427 e. The second kappa shape index (κ2) is 3.34. The van der Waals surface area contributed by atoms with Crippen LogP contribution in [0, 0.1) is 17.4 Å². The summed E-state index contributed by atoms with van der Waals surface area (Å²) in [4.78, 5) is 0. The molecular formula is C7H11NO. The predicted molar refractivity (Wildman–Crippen MR) is 33.5 cm³/mol. The predicted octanol–water partition coefficient (Wildman–Crippen LogP) is 1.67. The highest BCUT2D eigenvalue weighted by Gasteiger charge is 2.14. The van der Waals surface area contributed by atoms with Gasteiger partial charge in [0.05, 0.1) is 0 Å². The molecule has 0 atom stereocenters. The van der Waals surface area contributed by atoms with Gasteiger partial charge >= 0.3 is 0 Å². The highest BCUT2D eigenvalue weighted by atomic mass is 16.5. The van der Waals surface area contributed by atoms with E-state index in [4.69, 9.17) is 5.26 Å². The summed E-state index contributed by atoms with van der Waals surface area (Å²) in [7, 11) is 0. The van der Waals surface area contributed by atoms with Gasteiger partial charge in [-0.3, -0.25) is 0 Å². The highest BCUT2D eigenvalue weighted by Crippen LogP contribution is 2.24. The summed E-state index contributed by atoms with van der Waals surface area (Å²) >= 11 is 0. The molecule has 1 rings (SSSR count). The first-order valence-electron chi connectivity index (χ1n) is 3.44. The van der Waals surface area contributed by atoms with Crippen LogP contribution >= 0.6 is 0 Å². The number of nitriles is 1. The molecule has 9 heavy (non-hydrogen) atoms. The third-order valence-corrected chi connectivity index (χ3v) is 1.86. The third kappa shape index (κ3) is 1.93. The first kappa shape index (κ1) is 6.41. The monoisotopic (exact) mass is 125 g/mol. The lowest BCUT2D eigenvalue weighted by Crippen LogP contribution is -2.01. The van der Waals surface area contributed by atoms with E-state index in [1.165, 1.54) is 25.7 Å². The zero-order chi connectivity index (χ0) is 6.53. The Balaban J connectivity index is 2.06. The smallest absolute Gasteiger partial charge is 0.286 e. The molecule has 2 heteroatoms. The molecule has 0 saturated heterocycles. The van der Waals surface area contributed by atoms with E-state index >= 15 is 0 Å². The molecular weight excluding hydrogens is 114 g/mol. The van der Waals surface area contributed by atoms with Crippen LogP contribution in [0.5, 0.6) is 0 Å². The number of hydrogen-bond donors (Lipinski definition) is 0. The maximum atomic E-state index is 8.05. The van der Waals surface area contributed by atoms with Gasteiger partial charge in [0.15, 0.2) is 0 Å². The van der Waals surface area contributed by atoms with Crippen molar-refractivity contribution >= 4 is 0 Å². The molecule has 0 unspecified atom stereocenters. The molecule has 0 aromatic carbocycles. The summed E-state index contributed by atoms with van der Waals surface area (Å²) in [5.41, 5.74) is 0. The van der Waals surface area contributed by atoms with E-state index in [1.807, 2.05) is 0 Å². The van der Waals surface area contributed by atoms with Crippen LogP contribution in [0.4, 0.5) is 0 Å². The molecule has 0 bridgehead atoms. The number of nitrogens with zero attached hydrogens (tertiary/aromatic N) is 1. The van der Waals surface area contributed by atoms with Gasteiger partial charge in [-0.15, -0.1) is 0 Å². The fourth-order valence-corrected chi connectivity index (χ4v) is 1.33. The quantitative estimate of drug-likeness (QED) is 0.526.